The molecule has 2 rings (SSSR count). The molecule has 0 heterocycles. The number of nitriles is 2. The highest BCUT2D eigenvalue weighted by atomic mass is 19.2. The molecule has 98 valence electrons. The van der Waals surface area contributed by atoms with E-state index in [2.05, 4.69) is 0 Å². The largest absolute Gasteiger partial charge is 0.451 e. The van der Waals surface area contributed by atoms with E-state index in [9.17, 15) is 9.18 Å². The number of nitrogens with zero attached hydrogens (tertiary/aromatic N) is 2. The molecule has 1 aromatic rings. The SMILES string of the molecule is N#Cc1cc(C=O)ccc1OC1(F)C=CC=CC1C#N. The van der Waals surface area contributed by atoms with E-state index < -0.39 is 11.8 Å². The monoisotopic (exact) mass is 268 g/mol. The number of carbonyl (C=O) groups excluding carboxylic acids is 1. The molecule has 20 heavy (non-hydrogen) atoms. The fourth-order valence-electron chi connectivity index (χ4n) is 1.79. The third-order valence-electron chi connectivity index (χ3n) is 2.83. The van der Waals surface area contributed by atoms with Crippen LogP contribution in [-0.4, -0.2) is 12.1 Å². The van der Waals surface area contributed by atoms with Gasteiger partial charge in [-0.25, -0.2) is 0 Å². The first-order valence-electron chi connectivity index (χ1n) is 5.76. The smallest absolute Gasteiger partial charge is 0.286 e. The molecule has 0 fully saturated rings. The first kappa shape index (κ1) is 13.5. The molecule has 0 amide bonds. The summed E-state index contributed by atoms with van der Waals surface area (Å²) in [6.07, 6.45) is 6.06. The summed E-state index contributed by atoms with van der Waals surface area (Å²) in [6.45, 7) is 0. The van der Waals surface area contributed by atoms with Gasteiger partial charge in [-0.1, -0.05) is 18.2 Å². The first-order chi connectivity index (χ1) is 9.62. The number of alkyl halides is 1. The van der Waals surface area contributed by atoms with Crippen LogP contribution in [-0.2, 0) is 0 Å². The molecule has 0 N–H and O–H groups in total. The van der Waals surface area contributed by atoms with Gasteiger partial charge >= 0.3 is 0 Å². The van der Waals surface area contributed by atoms with E-state index in [-0.39, 0.29) is 16.9 Å². The second-order valence-corrected chi connectivity index (χ2v) is 4.14. The lowest BCUT2D eigenvalue weighted by Crippen LogP contribution is -2.37. The third-order valence-corrected chi connectivity index (χ3v) is 2.83. The van der Waals surface area contributed by atoms with Gasteiger partial charge in [-0.15, -0.1) is 0 Å². The number of ether oxygens (including phenoxy) is 1. The Morgan fingerprint density at radius 3 is 2.80 bits per heavy atom. The zero-order valence-corrected chi connectivity index (χ0v) is 10.3. The van der Waals surface area contributed by atoms with Crippen LogP contribution >= 0.6 is 0 Å². The molecule has 5 heteroatoms. The van der Waals surface area contributed by atoms with Crippen LogP contribution in [0.2, 0.25) is 0 Å². The summed E-state index contributed by atoms with van der Waals surface area (Å²) in [5.74, 6) is -3.46. The zero-order chi connectivity index (χ0) is 14.6. The molecule has 2 unspecified atom stereocenters. The number of hydrogen-bond donors (Lipinski definition) is 0. The van der Waals surface area contributed by atoms with Gasteiger partial charge < -0.3 is 4.74 Å². The molecule has 0 aromatic heterocycles. The lowest BCUT2D eigenvalue weighted by atomic mass is 9.96. The predicted octanol–water partition coefficient (Wildman–Crippen LogP) is 2.68. The maximum absolute atomic E-state index is 14.7. The minimum absolute atomic E-state index is 0.0131. The van der Waals surface area contributed by atoms with Gasteiger partial charge in [0.15, 0.2) is 0 Å². The highest BCUT2D eigenvalue weighted by molar-refractivity contribution is 5.76. The predicted molar refractivity (Wildman–Crippen MR) is 68.4 cm³/mol. The van der Waals surface area contributed by atoms with E-state index >= 15 is 0 Å². The lowest BCUT2D eigenvalue weighted by molar-refractivity contribution is -0.0364. The molecule has 1 aliphatic rings. The molecule has 2 atom stereocenters. The van der Waals surface area contributed by atoms with E-state index in [4.69, 9.17) is 15.3 Å². The van der Waals surface area contributed by atoms with Gasteiger partial charge in [-0.05, 0) is 24.3 Å². The fourth-order valence-corrected chi connectivity index (χ4v) is 1.79. The molecule has 0 bridgehead atoms. The van der Waals surface area contributed by atoms with Crippen molar-refractivity contribution in [1.29, 1.82) is 10.5 Å². The summed E-state index contributed by atoms with van der Waals surface area (Å²) in [5.41, 5.74) is 0.323. The molecule has 0 saturated carbocycles. The molecule has 0 saturated heterocycles. The summed E-state index contributed by atoms with van der Waals surface area (Å²) < 4.78 is 19.9. The van der Waals surface area contributed by atoms with Crippen LogP contribution in [0.3, 0.4) is 0 Å². The summed E-state index contributed by atoms with van der Waals surface area (Å²) in [6, 6.07) is 7.68. The summed E-state index contributed by atoms with van der Waals surface area (Å²) in [5, 5.41) is 18.0. The molecule has 4 nitrogen and oxygen atoms in total. The summed E-state index contributed by atoms with van der Waals surface area (Å²) in [4.78, 5) is 10.6. The van der Waals surface area contributed by atoms with Gasteiger partial charge in [0.1, 0.15) is 24.0 Å². The Hall–Kier alpha value is -2.92. The van der Waals surface area contributed by atoms with Crippen LogP contribution in [0.1, 0.15) is 15.9 Å². The van der Waals surface area contributed by atoms with Crippen molar-refractivity contribution in [3.05, 3.63) is 53.6 Å². The van der Waals surface area contributed by atoms with Crippen molar-refractivity contribution in [3.8, 4) is 17.9 Å². The number of rotatable bonds is 3. The second-order valence-electron chi connectivity index (χ2n) is 4.14. The number of halogens is 1. The van der Waals surface area contributed by atoms with Crippen molar-refractivity contribution < 1.29 is 13.9 Å². The minimum Gasteiger partial charge on any atom is -0.451 e. The van der Waals surface area contributed by atoms with Crippen molar-refractivity contribution in [1.82, 2.24) is 0 Å². The lowest BCUT2D eigenvalue weighted by Gasteiger charge is -2.27. The molecular formula is C15H9FN2O2. The van der Waals surface area contributed by atoms with E-state index in [1.807, 2.05) is 6.07 Å². The number of hydrogen-bond acceptors (Lipinski definition) is 4. The number of allylic oxidation sites excluding steroid dienone is 2. The van der Waals surface area contributed by atoms with Crippen molar-refractivity contribution in [3.63, 3.8) is 0 Å². The highest BCUT2D eigenvalue weighted by Gasteiger charge is 2.39. The molecule has 0 spiro atoms. The van der Waals surface area contributed by atoms with Crippen LogP contribution in [0, 0.1) is 28.6 Å². The van der Waals surface area contributed by atoms with Crippen molar-refractivity contribution >= 4 is 6.29 Å². The van der Waals surface area contributed by atoms with E-state index in [1.165, 1.54) is 30.4 Å². The van der Waals surface area contributed by atoms with E-state index in [0.29, 0.717) is 6.29 Å². The van der Waals surface area contributed by atoms with Gasteiger partial charge in [0.25, 0.3) is 5.85 Å². The third kappa shape index (κ3) is 2.43. The topological polar surface area (TPSA) is 73.9 Å². The first-order valence-corrected chi connectivity index (χ1v) is 5.76. The van der Waals surface area contributed by atoms with Crippen molar-refractivity contribution in [2.24, 2.45) is 5.92 Å². The van der Waals surface area contributed by atoms with Crippen molar-refractivity contribution in [2.45, 2.75) is 5.85 Å². The number of aldehydes is 1. The standard InChI is InChI=1S/C15H9FN2O2/c16-15(6-2-1-3-13(15)9-18)20-14-5-4-11(10-19)7-12(14)8-17/h1-7,10,13H. The summed E-state index contributed by atoms with van der Waals surface area (Å²) in [7, 11) is 0. The maximum Gasteiger partial charge on any atom is 0.286 e. The van der Waals surface area contributed by atoms with Gasteiger partial charge in [0, 0.05) is 5.56 Å². The molecule has 0 aliphatic heterocycles. The maximum atomic E-state index is 14.7. The van der Waals surface area contributed by atoms with Gasteiger partial charge in [0.2, 0.25) is 0 Å². The Morgan fingerprint density at radius 1 is 1.35 bits per heavy atom. The Balaban J connectivity index is 2.37. The molecule has 1 aromatic carbocycles. The Morgan fingerprint density at radius 2 is 2.15 bits per heavy atom. The van der Waals surface area contributed by atoms with Crippen LogP contribution < -0.4 is 4.74 Å². The Kier molecular flexibility index (Phi) is 3.63. The van der Waals surface area contributed by atoms with Gasteiger partial charge in [-0.2, -0.15) is 14.9 Å². The van der Waals surface area contributed by atoms with E-state index in [1.54, 1.807) is 12.1 Å². The second kappa shape index (κ2) is 5.38. The summed E-state index contributed by atoms with van der Waals surface area (Å²) >= 11 is 0. The number of carbonyl (C=O) groups is 1. The van der Waals surface area contributed by atoms with Gasteiger partial charge in [-0.3, -0.25) is 4.79 Å². The molecule has 0 radical (unpaired) electrons. The fraction of sp³-hybridized carbons (Fsp3) is 0.133. The van der Waals surface area contributed by atoms with Crippen LogP contribution in [0.25, 0.3) is 0 Å². The number of benzene rings is 1. The molecule has 1 aliphatic carbocycles. The highest BCUT2D eigenvalue weighted by Crippen LogP contribution is 2.33. The normalized spacial score (nSPS) is 23.6. The zero-order valence-electron chi connectivity index (χ0n) is 10.3. The van der Waals surface area contributed by atoms with Gasteiger partial charge in [0.05, 0.1) is 11.6 Å². The van der Waals surface area contributed by atoms with Crippen LogP contribution in [0.5, 0.6) is 5.75 Å². The Labute approximate surface area is 115 Å². The van der Waals surface area contributed by atoms with E-state index in [0.717, 1.165) is 6.08 Å². The van der Waals surface area contributed by atoms with Crippen LogP contribution in [0.4, 0.5) is 4.39 Å². The Bertz CT molecular complexity index is 682. The average molecular weight is 268 g/mol. The minimum atomic E-state index is -2.34. The van der Waals surface area contributed by atoms with Crippen molar-refractivity contribution in [2.75, 3.05) is 0 Å². The molecular weight excluding hydrogens is 259 g/mol. The average Bonchev–Trinajstić information content (AvgIpc) is 2.47. The van der Waals surface area contributed by atoms with Crippen LogP contribution in [0.15, 0.2) is 42.5 Å². The quantitative estimate of drug-likeness (QED) is 0.790.